The van der Waals surface area contributed by atoms with Gasteiger partial charge in [0.2, 0.25) is 0 Å². The van der Waals surface area contributed by atoms with E-state index in [1.165, 1.54) is 6.07 Å². The van der Waals surface area contributed by atoms with Gasteiger partial charge in [0, 0.05) is 17.5 Å². The van der Waals surface area contributed by atoms with Gasteiger partial charge in [-0.15, -0.1) is 0 Å². The van der Waals surface area contributed by atoms with Crippen molar-refractivity contribution in [3.8, 4) is 0 Å². The van der Waals surface area contributed by atoms with Crippen molar-refractivity contribution in [3.63, 3.8) is 0 Å². The van der Waals surface area contributed by atoms with Gasteiger partial charge >= 0.3 is 0 Å². The molecule has 1 N–H and O–H groups in total. The van der Waals surface area contributed by atoms with Crippen LogP contribution in [0, 0.1) is 11.6 Å². The molecule has 0 aromatic heterocycles. The quantitative estimate of drug-likeness (QED) is 0.305. The molecule has 152 valence electrons. The van der Waals surface area contributed by atoms with Crippen molar-refractivity contribution >= 4 is 34.7 Å². The number of benzene rings is 2. The minimum absolute atomic E-state index is 0.212. The van der Waals surface area contributed by atoms with E-state index in [-0.39, 0.29) is 6.54 Å². The summed E-state index contributed by atoms with van der Waals surface area (Å²) in [5, 5.41) is 4.05. The maximum atomic E-state index is 13.3. The first-order chi connectivity index (χ1) is 13.7. The Hall–Kier alpha value is -2.50. The van der Waals surface area contributed by atoms with Gasteiger partial charge in [-0.3, -0.25) is 9.98 Å². The van der Waals surface area contributed by atoms with Crippen LogP contribution in [0.5, 0.6) is 0 Å². The lowest BCUT2D eigenvalue weighted by atomic mass is 10.1. The third-order valence-electron chi connectivity index (χ3n) is 3.95. The number of hydrogen-bond donors (Lipinski definition) is 1. The predicted molar refractivity (Wildman–Crippen MR) is 118 cm³/mol. The van der Waals surface area contributed by atoms with Crippen LogP contribution in [0.2, 0.25) is 10.0 Å². The monoisotopic (exact) mass is 435 g/mol. The van der Waals surface area contributed by atoms with E-state index in [0.717, 1.165) is 17.7 Å². The topological polar surface area (TPSA) is 36.8 Å². The van der Waals surface area contributed by atoms with Crippen molar-refractivity contribution in [1.29, 1.82) is 0 Å². The van der Waals surface area contributed by atoms with Gasteiger partial charge in [0.15, 0.2) is 11.6 Å². The first-order valence-electron chi connectivity index (χ1n) is 8.76. The van der Waals surface area contributed by atoms with Crippen molar-refractivity contribution in [1.82, 2.24) is 5.32 Å². The summed E-state index contributed by atoms with van der Waals surface area (Å²) >= 11 is 12.5. The van der Waals surface area contributed by atoms with E-state index in [9.17, 15) is 8.78 Å². The average Bonchev–Trinajstić information content (AvgIpc) is 2.65. The highest BCUT2D eigenvalue weighted by molar-refractivity contribution is 6.40. The minimum atomic E-state index is -0.893. The lowest BCUT2D eigenvalue weighted by Gasteiger charge is -2.09. The molecule has 0 saturated heterocycles. The molecule has 0 aliphatic carbocycles. The third kappa shape index (κ3) is 6.51. The summed E-state index contributed by atoms with van der Waals surface area (Å²) < 4.78 is 26.3. The van der Waals surface area contributed by atoms with Crippen LogP contribution in [0.25, 0.3) is 0 Å². The standard InChI is InChI=1S/C22H21Cl2F2N3/c1-13(2)21(29-14(3)22-17(23)6-5-7-18(22)24)12-28-15(4)27-11-16-8-9-19(25)20(26)10-16/h5-10,12H,1,11H2,2-4H3,(H,27,28)/b21-12+,29-14?. The molecule has 0 unspecified atom stereocenters. The SMILES string of the molecule is C=C(C)/C(=C\NC(C)=NCc1ccc(F)c(F)c1)N=C(C)c1c(Cl)cccc1Cl. The number of nitrogens with one attached hydrogen (secondary N) is 1. The Morgan fingerprint density at radius 3 is 2.31 bits per heavy atom. The van der Waals surface area contributed by atoms with Crippen molar-refractivity contribution in [2.24, 2.45) is 9.98 Å². The van der Waals surface area contributed by atoms with E-state index in [2.05, 4.69) is 21.9 Å². The largest absolute Gasteiger partial charge is 0.349 e. The van der Waals surface area contributed by atoms with Crippen LogP contribution in [-0.4, -0.2) is 11.5 Å². The molecule has 0 aliphatic heterocycles. The summed E-state index contributed by atoms with van der Waals surface area (Å²) in [6.07, 6.45) is 1.67. The molecular formula is C22H21Cl2F2N3. The number of halogens is 4. The van der Waals surface area contributed by atoms with Crippen LogP contribution in [0.1, 0.15) is 31.9 Å². The summed E-state index contributed by atoms with van der Waals surface area (Å²) in [5.74, 6) is -1.19. The van der Waals surface area contributed by atoms with Gasteiger partial charge < -0.3 is 5.32 Å². The molecule has 3 nitrogen and oxygen atoms in total. The summed E-state index contributed by atoms with van der Waals surface area (Å²) in [7, 11) is 0. The third-order valence-corrected chi connectivity index (χ3v) is 4.58. The molecule has 0 aliphatic rings. The van der Waals surface area contributed by atoms with Gasteiger partial charge in [-0.25, -0.2) is 8.78 Å². The van der Waals surface area contributed by atoms with Gasteiger partial charge in [-0.1, -0.05) is 41.9 Å². The first kappa shape index (κ1) is 22.8. The molecular weight excluding hydrogens is 415 g/mol. The van der Waals surface area contributed by atoms with Crippen LogP contribution < -0.4 is 5.32 Å². The van der Waals surface area contributed by atoms with Crippen LogP contribution in [0.15, 0.2) is 70.4 Å². The van der Waals surface area contributed by atoms with Crippen LogP contribution >= 0.6 is 23.2 Å². The Morgan fingerprint density at radius 2 is 1.72 bits per heavy atom. The maximum Gasteiger partial charge on any atom is 0.159 e. The van der Waals surface area contributed by atoms with E-state index in [4.69, 9.17) is 23.2 Å². The fourth-order valence-electron chi connectivity index (χ4n) is 2.40. The minimum Gasteiger partial charge on any atom is -0.349 e. The van der Waals surface area contributed by atoms with E-state index in [0.29, 0.717) is 38.4 Å². The Balaban J connectivity index is 2.17. The van der Waals surface area contributed by atoms with E-state index >= 15 is 0 Å². The number of aliphatic imine (C=N–C) groups is 2. The first-order valence-corrected chi connectivity index (χ1v) is 9.52. The van der Waals surface area contributed by atoms with Gasteiger partial charge in [-0.05, 0) is 56.2 Å². The van der Waals surface area contributed by atoms with Gasteiger partial charge in [0.1, 0.15) is 0 Å². The highest BCUT2D eigenvalue weighted by Gasteiger charge is 2.09. The molecule has 0 amide bonds. The second-order valence-electron chi connectivity index (χ2n) is 6.40. The summed E-state index contributed by atoms with van der Waals surface area (Å²) in [4.78, 5) is 8.89. The maximum absolute atomic E-state index is 13.3. The number of rotatable bonds is 6. The molecule has 0 atom stereocenters. The van der Waals surface area contributed by atoms with Crippen LogP contribution in [-0.2, 0) is 6.54 Å². The average molecular weight is 436 g/mol. The van der Waals surface area contributed by atoms with Crippen molar-refractivity contribution in [3.05, 3.63) is 93.3 Å². The van der Waals surface area contributed by atoms with Gasteiger partial charge in [0.25, 0.3) is 0 Å². The molecule has 7 heteroatoms. The summed E-state index contributed by atoms with van der Waals surface area (Å²) in [6.45, 7) is 9.55. The van der Waals surface area contributed by atoms with Crippen molar-refractivity contribution < 1.29 is 8.78 Å². The molecule has 0 heterocycles. The second kappa shape index (κ2) is 10.3. The van der Waals surface area contributed by atoms with Crippen LogP contribution in [0.4, 0.5) is 8.78 Å². The lowest BCUT2D eigenvalue weighted by Crippen LogP contribution is -2.14. The zero-order valence-corrected chi connectivity index (χ0v) is 17.9. The van der Waals surface area contributed by atoms with E-state index in [1.54, 1.807) is 31.3 Å². The number of hydrogen-bond acceptors (Lipinski definition) is 2. The lowest BCUT2D eigenvalue weighted by molar-refractivity contribution is 0.507. The Labute approximate surface area is 179 Å². The fourth-order valence-corrected chi connectivity index (χ4v) is 3.07. The smallest absolute Gasteiger partial charge is 0.159 e. The van der Waals surface area contributed by atoms with E-state index < -0.39 is 11.6 Å². The molecule has 0 bridgehead atoms. The summed E-state index contributed by atoms with van der Waals surface area (Å²) in [5.41, 5.74) is 3.20. The summed E-state index contributed by atoms with van der Waals surface area (Å²) in [6, 6.07) is 8.97. The molecule has 29 heavy (non-hydrogen) atoms. The number of nitrogens with zero attached hydrogens (tertiary/aromatic N) is 2. The Kier molecular flexibility index (Phi) is 8.11. The number of amidine groups is 1. The molecule has 2 rings (SSSR count). The zero-order valence-electron chi connectivity index (χ0n) is 16.4. The van der Waals surface area contributed by atoms with Crippen molar-refractivity contribution in [2.45, 2.75) is 27.3 Å². The van der Waals surface area contributed by atoms with Crippen LogP contribution in [0.3, 0.4) is 0 Å². The molecule has 0 radical (unpaired) electrons. The molecule has 2 aromatic carbocycles. The molecule has 0 spiro atoms. The fraction of sp³-hybridized carbons (Fsp3) is 0.182. The highest BCUT2D eigenvalue weighted by Crippen LogP contribution is 2.26. The predicted octanol–water partition coefficient (Wildman–Crippen LogP) is 6.71. The molecule has 2 aromatic rings. The van der Waals surface area contributed by atoms with Gasteiger partial charge in [-0.2, -0.15) is 0 Å². The van der Waals surface area contributed by atoms with Gasteiger partial charge in [0.05, 0.1) is 28.1 Å². The second-order valence-corrected chi connectivity index (χ2v) is 7.21. The number of allylic oxidation sites excluding steroid dienone is 1. The Bertz CT molecular complexity index is 991. The molecule has 0 fully saturated rings. The zero-order chi connectivity index (χ0) is 21.6. The highest BCUT2D eigenvalue weighted by atomic mass is 35.5. The van der Waals surface area contributed by atoms with E-state index in [1.807, 2.05) is 13.8 Å². The Morgan fingerprint density at radius 1 is 1.07 bits per heavy atom. The normalized spacial score (nSPS) is 12.9. The van der Waals surface area contributed by atoms with Crippen molar-refractivity contribution in [2.75, 3.05) is 0 Å². The molecule has 0 saturated carbocycles.